The Morgan fingerprint density at radius 1 is 0.900 bits per heavy atom. The van der Waals surface area contributed by atoms with Crippen LogP contribution in [0.1, 0.15) is 12.5 Å². The maximum Gasteiger partial charge on any atom is 0.237 e. The lowest BCUT2D eigenvalue weighted by molar-refractivity contribution is -0.115. The number of rotatable bonds is 9. The molecule has 1 N–H and O–H groups in total. The molecule has 8 nitrogen and oxygen atoms in total. The Kier molecular flexibility index (Phi) is 7.37. The first-order chi connectivity index (χ1) is 19.6. The van der Waals surface area contributed by atoms with Crippen molar-refractivity contribution < 1.29 is 19.0 Å². The van der Waals surface area contributed by atoms with E-state index in [9.17, 15) is 4.79 Å². The fourth-order valence-corrected chi connectivity index (χ4v) is 5.08. The lowest BCUT2D eigenvalue weighted by atomic mass is 10.2. The number of fused-ring (bicyclic) bond motifs is 1. The van der Waals surface area contributed by atoms with E-state index >= 15 is 0 Å². The van der Waals surface area contributed by atoms with Crippen molar-refractivity contribution in [3.8, 4) is 34.4 Å². The lowest BCUT2D eigenvalue weighted by Gasteiger charge is -2.14. The van der Waals surface area contributed by atoms with Crippen LogP contribution >= 0.6 is 11.8 Å². The Bertz CT molecular complexity index is 1610. The monoisotopic (exact) mass is 550 g/mol. The smallest absolute Gasteiger partial charge is 0.237 e. The van der Waals surface area contributed by atoms with Crippen LogP contribution in [0.25, 0.3) is 11.4 Å². The minimum atomic E-state index is -0.427. The van der Waals surface area contributed by atoms with Gasteiger partial charge in [-0.1, -0.05) is 66.4 Å². The number of nitrogens with zero attached hydrogens (tertiary/aromatic N) is 3. The van der Waals surface area contributed by atoms with Gasteiger partial charge in [0.1, 0.15) is 11.5 Å². The molecule has 0 saturated carbocycles. The lowest BCUT2D eigenvalue weighted by Crippen LogP contribution is -2.23. The summed E-state index contributed by atoms with van der Waals surface area (Å²) >= 11 is 1.36. The molecular formula is C31H26N4O4S. The number of nitrogens with one attached hydrogen (secondary N) is 1. The van der Waals surface area contributed by atoms with Crippen LogP contribution in [0, 0.1) is 0 Å². The first-order valence-corrected chi connectivity index (χ1v) is 13.7. The molecule has 0 spiro atoms. The third-order valence-corrected chi connectivity index (χ3v) is 7.36. The molecule has 1 atom stereocenters. The van der Waals surface area contributed by atoms with Crippen LogP contribution in [-0.4, -0.2) is 32.7 Å². The SMILES string of the molecule is C[C@H](Sc1nnc(-c2ccccc2)n1Cc1ccc2c(c1)OCO2)C(=O)Nc1ccc(Oc2ccccc2)cc1. The van der Waals surface area contributed by atoms with Crippen molar-refractivity contribution in [2.24, 2.45) is 0 Å². The molecule has 5 aromatic rings. The summed E-state index contributed by atoms with van der Waals surface area (Å²) < 4.78 is 18.9. The van der Waals surface area contributed by atoms with Crippen molar-refractivity contribution in [3.63, 3.8) is 0 Å². The molecule has 0 unspecified atom stereocenters. The molecule has 4 aromatic carbocycles. The minimum Gasteiger partial charge on any atom is -0.457 e. The Hall–Kier alpha value is -4.76. The van der Waals surface area contributed by atoms with Crippen molar-refractivity contribution in [1.82, 2.24) is 14.8 Å². The van der Waals surface area contributed by atoms with Gasteiger partial charge in [0, 0.05) is 11.3 Å². The molecule has 1 amide bonds. The van der Waals surface area contributed by atoms with Gasteiger partial charge in [-0.25, -0.2) is 0 Å². The van der Waals surface area contributed by atoms with Gasteiger partial charge in [-0.05, 0) is 61.0 Å². The maximum absolute atomic E-state index is 13.1. The summed E-state index contributed by atoms with van der Waals surface area (Å²) in [5.41, 5.74) is 2.64. The number of amides is 1. The molecule has 40 heavy (non-hydrogen) atoms. The van der Waals surface area contributed by atoms with Crippen LogP contribution in [-0.2, 0) is 11.3 Å². The van der Waals surface area contributed by atoms with Crippen molar-refractivity contribution in [3.05, 3.63) is 109 Å². The summed E-state index contributed by atoms with van der Waals surface area (Å²) in [6.07, 6.45) is 0. The van der Waals surface area contributed by atoms with E-state index in [2.05, 4.69) is 15.5 Å². The van der Waals surface area contributed by atoms with Gasteiger partial charge in [0.05, 0.1) is 11.8 Å². The van der Waals surface area contributed by atoms with Gasteiger partial charge in [-0.3, -0.25) is 9.36 Å². The zero-order chi connectivity index (χ0) is 27.3. The van der Waals surface area contributed by atoms with E-state index in [0.717, 1.165) is 28.5 Å². The van der Waals surface area contributed by atoms with Crippen LogP contribution in [0.4, 0.5) is 5.69 Å². The molecule has 6 rings (SSSR count). The highest BCUT2D eigenvalue weighted by atomic mass is 32.2. The number of hydrogen-bond acceptors (Lipinski definition) is 7. The van der Waals surface area contributed by atoms with Crippen molar-refractivity contribution in [2.45, 2.75) is 23.9 Å². The number of aromatic nitrogens is 3. The number of thioether (sulfide) groups is 1. The molecule has 9 heteroatoms. The van der Waals surface area contributed by atoms with Gasteiger partial charge in [0.2, 0.25) is 12.7 Å². The summed E-state index contributed by atoms with van der Waals surface area (Å²) in [4.78, 5) is 13.1. The molecule has 0 aliphatic carbocycles. The third kappa shape index (κ3) is 5.79. The number of benzene rings is 4. The van der Waals surface area contributed by atoms with Gasteiger partial charge < -0.3 is 19.5 Å². The molecule has 2 heterocycles. The third-order valence-electron chi connectivity index (χ3n) is 6.28. The Labute approximate surface area is 235 Å². The molecule has 200 valence electrons. The van der Waals surface area contributed by atoms with Gasteiger partial charge in [-0.2, -0.15) is 0 Å². The number of carbonyl (C=O) groups excluding carboxylic acids is 1. The highest BCUT2D eigenvalue weighted by molar-refractivity contribution is 8.00. The molecule has 0 saturated heterocycles. The maximum atomic E-state index is 13.1. The summed E-state index contributed by atoms with van der Waals surface area (Å²) in [7, 11) is 0. The normalized spacial score (nSPS) is 12.6. The fourth-order valence-electron chi connectivity index (χ4n) is 4.23. The summed E-state index contributed by atoms with van der Waals surface area (Å²) in [5, 5.41) is 12.2. The zero-order valence-corrected chi connectivity index (χ0v) is 22.5. The highest BCUT2D eigenvalue weighted by Crippen LogP contribution is 2.34. The Morgan fingerprint density at radius 3 is 2.38 bits per heavy atom. The number of para-hydroxylation sites is 1. The van der Waals surface area contributed by atoms with Crippen molar-refractivity contribution in [1.29, 1.82) is 0 Å². The Morgan fingerprint density at radius 2 is 1.60 bits per heavy atom. The molecule has 1 aliphatic heterocycles. The van der Waals surface area contributed by atoms with Crippen LogP contribution in [0.2, 0.25) is 0 Å². The zero-order valence-electron chi connectivity index (χ0n) is 21.7. The van der Waals surface area contributed by atoms with Crippen LogP contribution < -0.4 is 19.5 Å². The van der Waals surface area contributed by atoms with E-state index in [0.29, 0.717) is 28.9 Å². The van der Waals surface area contributed by atoms with E-state index < -0.39 is 5.25 Å². The van der Waals surface area contributed by atoms with Crippen LogP contribution in [0.15, 0.2) is 108 Å². The van der Waals surface area contributed by atoms with Gasteiger partial charge >= 0.3 is 0 Å². The van der Waals surface area contributed by atoms with Gasteiger partial charge in [0.25, 0.3) is 0 Å². The number of hydrogen-bond donors (Lipinski definition) is 1. The average Bonchev–Trinajstić information content (AvgIpc) is 3.62. The standard InChI is InChI=1S/C31H26N4O4S/c1-21(30(36)32-24-13-15-26(16-14-24)39-25-10-6-3-7-11-25)40-31-34-33-29(23-8-4-2-5-9-23)35(31)19-22-12-17-27-28(18-22)38-20-37-27/h2-18,21H,19-20H2,1H3,(H,32,36)/t21-/m0/s1. The van der Waals surface area contributed by atoms with Gasteiger partial charge in [0.15, 0.2) is 22.5 Å². The number of anilines is 1. The predicted molar refractivity (Wildman–Crippen MR) is 154 cm³/mol. The first-order valence-electron chi connectivity index (χ1n) is 12.8. The molecule has 1 aromatic heterocycles. The Balaban J connectivity index is 1.17. The van der Waals surface area contributed by atoms with E-state index in [1.54, 1.807) is 0 Å². The topological polar surface area (TPSA) is 87.5 Å². The number of carbonyl (C=O) groups is 1. The molecule has 0 bridgehead atoms. The second kappa shape index (κ2) is 11.5. The fraction of sp³-hybridized carbons (Fsp3) is 0.129. The quantitative estimate of drug-likeness (QED) is 0.206. The molecule has 0 fully saturated rings. The summed E-state index contributed by atoms with van der Waals surface area (Å²) in [6, 6.07) is 32.6. The van der Waals surface area contributed by atoms with E-state index in [1.807, 2.05) is 115 Å². The largest absolute Gasteiger partial charge is 0.457 e. The number of ether oxygens (including phenoxy) is 3. The van der Waals surface area contributed by atoms with E-state index in [1.165, 1.54) is 11.8 Å². The van der Waals surface area contributed by atoms with E-state index in [-0.39, 0.29) is 12.7 Å². The highest BCUT2D eigenvalue weighted by Gasteiger charge is 2.22. The summed E-state index contributed by atoms with van der Waals surface area (Å²) in [5.74, 6) is 3.48. The van der Waals surface area contributed by atoms with Gasteiger partial charge in [-0.15, -0.1) is 10.2 Å². The average molecular weight is 551 g/mol. The van der Waals surface area contributed by atoms with Crippen LogP contribution in [0.5, 0.6) is 23.0 Å². The predicted octanol–water partition coefficient (Wildman–Crippen LogP) is 6.63. The first kappa shape index (κ1) is 25.5. The second-order valence-corrected chi connectivity index (χ2v) is 10.4. The molecule has 0 radical (unpaired) electrons. The molecule has 1 aliphatic rings. The summed E-state index contributed by atoms with van der Waals surface area (Å²) in [6.45, 7) is 2.58. The van der Waals surface area contributed by atoms with Crippen LogP contribution in [0.3, 0.4) is 0 Å². The van der Waals surface area contributed by atoms with Crippen molar-refractivity contribution in [2.75, 3.05) is 12.1 Å². The minimum absolute atomic E-state index is 0.138. The molecular weight excluding hydrogens is 524 g/mol. The second-order valence-electron chi connectivity index (χ2n) is 9.13. The van der Waals surface area contributed by atoms with E-state index in [4.69, 9.17) is 14.2 Å². The van der Waals surface area contributed by atoms with Crippen molar-refractivity contribution >= 4 is 23.4 Å².